The number of aryl methyl sites for hydroxylation is 1. The van der Waals surface area contributed by atoms with Gasteiger partial charge in [0.25, 0.3) is 5.56 Å². The summed E-state index contributed by atoms with van der Waals surface area (Å²) in [5, 5.41) is 10.2. The predicted molar refractivity (Wildman–Crippen MR) is 72.1 cm³/mol. The first-order chi connectivity index (χ1) is 10.6. The summed E-state index contributed by atoms with van der Waals surface area (Å²) in [5.74, 6) is -0.759. The zero-order valence-corrected chi connectivity index (χ0v) is 13.0. The third-order valence-electron chi connectivity index (χ3n) is 3.61. The minimum atomic E-state index is -5.21. The number of aliphatic hydroxyl groups is 1. The average molecular weight is 349 g/mol. The molecule has 23 heavy (non-hydrogen) atoms. The molecule has 130 valence electrons. The van der Waals surface area contributed by atoms with Crippen molar-refractivity contribution in [2.24, 2.45) is 11.7 Å². The van der Waals surface area contributed by atoms with Crippen LogP contribution in [0.5, 0.6) is 0 Å². The number of nitrogens with two attached hydrogens (primary N) is 1. The maximum atomic E-state index is 11.9. The highest BCUT2D eigenvalue weighted by Crippen LogP contribution is 2.35. The van der Waals surface area contributed by atoms with E-state index < -0.39 is 50.0 Å². The smallest absolute Gasteiger partial charge is 0.330 e. The first-order valence-electron chi connectivity index (χ1n) is 6.66. The number of ether oxygens (including phenoxy) is 1. The lowest BCUT2D eigenvalue weighted by atomic mass is 9.98. The summed E-state index contributed by atoms with van der Waals surface area (Å²) in [6.45, 7) is 0.740. The fourth-order valence-corrected chi connectivity index (χ4v) is 2.75. The molecule has 1 aliphatic heterocycles. The van der Waals surface area contributed by atoms with Crippen LogP contribution in [0.4, 0.5) is 0 Å². The fourth-order valence-electron chi connectivity index (χ4n) is 2.42. The second kappa shape index (κ2) is 6.65. The molecule has 12 heteroatoms. The summed E-state index contributed by atoms with van der Waals surface area (Å²) < 4.78 is 21.1. The van der Waals surface area contributed by atoms with E-state index in [2.05, 4.69) is 9.51 Å². The normalized spacial score (nSPS) is 28.2. The Morgan fingerprint density at radius 1 is 1.52 bits per heavy atom. The molecule has 2 rings (SSSR count). The second-order valence-corrected chi connectivity index (χ2v) is 6.33. The van der Waals surface area contributed by atoms with Gasteiger partial charge in [0.2, 0.25) is 0 Å². The average Bonchev–Trinajstić information content (AvgIpc) is 2.76. The second-order valence-electron chi connectivity index (χ2n) is 5.18. The molecule has 2 heterocycles. The monoisotopic (exact) mass is 349 g/mol. The van der Waals surface area contributed by atoms with Gasteiger partial charge >= 0.3 is 5.69 Å². The van der Waals surface area contributed by atoms with E-state index in [9.17, 15) is 29.0 Å². The van der Waals surface area contributed by atoms with Crippen molar-refractivity contribution >= 4 is 7.82 Å². The Kier molecular flexibility index (Phi) is 5.21. The highest BCUT2D eigenvalue weighted by atomic mass is 31.2. The number of rotatable bonds is 5. The van der Waals surface area contributed by atoms with Crippen LogP contribution in [0.15, 0.2) is 15.8 Å². The number of hydrogen-bond donors (Lipinski definition) is 3. The molecule has 0 saturated carbocycles. The highest BCUT2D eigenvalue weighted by Gasteiger charge is 2.44. The van der Waals surface area contributed by atoms with Gasteiger partial charge in [-0.05, 0) is 6.92 Å². The Labute approximate surface area is 129 Å². The molecule has 11 nitrogen and oxygen atoms in total. The van der Waals surface area contributed by atoms with Crippen molar-refractivity contribution < 1.29 is 28.7 Å². The molecule has 0 spiro atoms. The Balaban J connectivity index is 2.28. The molecule has 1 saturated heterocycles. The molecule has 0 bridgehead atoms. The van der Waals surface area contributed by atoms with E-state index in [0.29, 0.717) is 0 Å². The number of hydrogen-bond acceptors (Lipinski definition) is 9. The third-order valence-corrected chi connectivity index (χ3v) is 4.08. The lowest BCUT2D eigenvalue weighted by molar-refractivity contribution is -0.343. The molecule has 4 N–H and O–H groups in total. The zero-order chi connectivity index (χ0) is 17.4. The van der Waals surface area contributed by atoms with E-state index in [1.807, 2.05) is 0 Å². The van der Waals surface area contributed by atoms with Crippen LogP contribution in [0.3, 0.4) is 0 Å². The highest BCUT2D eigenvalue weighted by molar-refractivity contribution is 7.43. The summed E-state index contributed by atoms with van der Waals surface area (Å²) in [4.78, 5) is 46.4. The number of nitrogens with one attached hydrogen (secondary N) is 1. The van der Waals surface area contributed by atoms with Crippen LogP contribution >= 0.6 is 7.82 Å². The van der Waals surface area contributed by atoms with Gasteiger partial charge in [0.15, 0.2) is 6.23 Å². The third kappa shape index (κ3) is 3.96. The Hall–Kier alpha value is -1.33. The van der Waals surface area contributed by atoms with Gasteiger partial charge in [0.05, 0.1) is 20.5 Å². The van der Waals surface area contributed by atoms with Crippen molar-refractivity contribution in [1.82, 2.24) is 9.55 Å². The Bertz CT molecular complexity index is 725. The van der Waals surface area contributed by atoms with Crippen LogP contribution in [0.1, 0.15) is 11.8 Å². The van der Waals surface area contributed by atoms with Crippen LogP contribution in [0.25, 0.3) is 0 Å². The fraction of sp³-hybridized carbons (Fsp3) is 0.636. The van der Waals surface area contributed by atoms with E-state index in [1.54, 1.807) is 0 Å². The number of phosphoric ester groups is 1. The van der Waals surface area contributed by atoms with E-state index in [0.717, 1.165) is 4.57 Å². The zero-order valence-electron chi connectivity index (χ0n) is 12.1. The summed E-state index contributed by atoms with van der Waals surface area (Å²) >= 11 is 0. The topological polar surface area (TPSA) is 183 Å². The molecule has 0 radical (unpaired) electrons. The van der Waals surface area contributed by atoms with Crippen molar-refractivity contribution in [3.8, 4) is 0 Å². The number of aromatic nitrogens is 2. The van der Waals surface area contributed by atoms with Gasteiger partial charge in [-0.2, -0.15) is 0 Å². The van der Waals surface area contributed by atoms with E-state index >= 15 is 0 Å². The van der Waals surface area contributed by atoms with Crippen molar-refractivity contribution in [1.29, 1.82) is 0 Å². The number of phosphoric acid groups is 1. The van der Waals surface area contributed by atoms with Gasteiger partial charge in [-0.25, -0.2) is 4.79 Å². The number of aliphatic hydroxyl groups excluding tert-OH is 1. The first kappa shape index (κ1) is 18.0. The quantitative estimate of drug-likeness (QED) is 0.454. The number of aromatic amines is 1. The molecular weight excluding hydrogens is 333 g/mol. The predicted octanol–water partition coefficient (Wildman–Crippen LogP) is -3.48. The molecule has 1 aliphatic rings. The Morgan fingerprint density at radius 2 is 2.17 bits per heavy atom. The van der Waals surface area contributed by atoms with Crippen molar-refractivity contribution in [3.63, 3.8) is 0 Å². The molecule has 1 fully saturated rings. The van der Waals surface area contributed by atoms with Gasteiger partial charge in [-0.1, -0.05) is 0 Å². The van der Waals surface area contributed by atoms with Gasteiger partial charge in [0.1, 0.15) is 6.10 Å². The summed E-state index contributed by atoms with van der Waals surface area (Å²) in [6.07, 6.45) is -2.25. The summed E-state index contributed by atoms with van der Waals surface area (Å²) in [6, 6.07) is 0. The molecule has 0 aromatic carbocycles. The molecule has 1 aromatic heterocycles. The van der Waals surface area contributed by atoms with Crippen LogP contribution in [0, 0.1) is 12.8 Å². The number of H-pyrrole nitrogens is 1. The van der Waals surface area contributed by atoms with Crippen molar-refractivity contribution in [3.05, 3.63) is 32.6 Å². The molecule has 0 aliphatic carbocycles. The van der Waals surface area contributed by atoms with Crippen molar-refractivity contribution in [2.45, 2.75) is 25.4 Å². The lowest BCUT2D eigenvalue weighted by Crippen LogP contribution is -2.38. The standard InChI is InChI=1S/C11H18N3O8P/c1-5-3-14(11(17)13-9(5)16)10-8(15)6(2-12)7(22-10)4-21-23(18,19)20/h3,6-8,10,15H,2,4,12H2,1H3,(H,13,16,17)(H2,18,19,20)/p-2/t6-,7-,8-,10-/m1/s1. The molecule has 1 aromatic rings. The maximum Gasteiger partial charge on any atom is 0.330 e. The van der Waals surface area contributed by atoms with Gasteiger partial charge in [0, 0.05) is 24.2 Å². The minimum Gasteiger partial charge on any atom is -0.790 e. The van der Waals surface area contributed by atoms with Crippen molar-refractivity contribution in [2.75, 3.05) is 13.2 Å². The van der Waals surface area contributed by atoms with E-state index in [-0.39, 0.29) is 12.1 Å². The maximum absolute atomic E-state index is 11.9. The van der Waals surface area contributed by atoms with Gasteiger partial charge in [-0.15, -0.1) is 0 Å². The molecule has 0 unspecified atom stereocenters. The van der Waals surface area contributed by atoms with Crippen LogP contribution in [-0.4, -0.2) is 40.0 Å². The van der Waals surface area contributed by atoms with Crippen LogP contribution in [0.2, 0.25) is 0 Å². The number of nitrogens with zero attached hydrogens (tertiary/aromatic N) is 1. The summed E-state index contributed by atoms with van der Waals surface area (Å²) in [7, 11) is -5.21. The summed E-state index contributed by atoms with van der Waals surface area (Å²) in [5.41, 5.74) is 4.35. The van der Waals surface area contributed by atoms with Gasteiger partial charge in [-0.3, -0.25) is 14.3 Å². The van der Waals surface area contributed by atoms with E-state index in [1.165, 1.54) is 13.1 Å². The molecular formula is C11H16N3O8P-2. The molecule has 0 amide bonds. The SMILES string of the molecule is Cc1cn([C@@H]2O[C@H](COP(=O)([O-])[O-])[C@@H](CN)[C@H]2O)c(=O)[nH]c1=O. The van der Waals surface area contributed by atoms with Gasteiger partial charge < -0.3 is 34.5 Å². The first-order valence-corrected chi connectivity index (χ1v) is 8.12. The van der Waals surface area contributed by atoms with Crippen LogP contribution < -0.4 is 26.8 Å². The largest absolute Gasteiger partial charge is 0.790 e. The lowest BCUT2D eigenvalue weighted by Gasteiger charge is -2.30. The van der Waals surface area contributed by atoms with Crippen LogP contribution in [-0.2, 0) is 13.8 Å². The van der Waals surface area contributed by atoms with E-state index in [4.69, 9.17) is 10.5 Å². The minimum absolute atomic E-state index is 0.0925. The Morgan fingerprint density at radius 3 is 2.74 bits per heavy atom. The molecule has 4 atom stereocenters.